The van der Waals surface area contributed by atoms with Crippen molar-refractivity contribution in [2.45, 2.75) is 25.8 Å². The summed E-state index contributed by atoms with van der Waals surface area (Å²) in [4.78, 5) is 16.7. The molecule has 2 rings (SSSR count). The Hall–Kier alpha value is -1.59. The van der Waals surface area contributed by atoms with E-state index in [0.717, 1.165) is 37.2 Å². The number of amides is 1. The van der Waals surface area contributed by atoms with Crippen LogP contribution in [-0.2, 0) is 4.79 Å². The zero-order valence-corrected chi connectivity index (χ0v) is 13.2. The van der Waals surface area contributed by atoms with E-state index >= 15 is 0 Å². The molecule has 1 fully saturated rings. The molecule has 116 valence electrons. The predicted molar refractivity (Wildman–Crippen MR) is 87.4 cm³/mol. The standard InChI is InChI=1S/C16H26N4O/c1-12-10-13(17)4-5-15(12)18-16(21)11-20(3)14-6-8-19(2)9-7-14/h4-5,10,14H,6-9,11,17H2,1-3H3,(H,18,21). The van der Waals surface area contributed by atoms with Crippen LogP contribution in [0.2, 0.25) is 0 Å². The molecule has 0 atom stereocenters. The molecule has 0 spiro atoms. The lowest BCUT2D eigenvalue weighted by Gasteiger charge is -2.34. The topological polar surface area (TPSA) is 61.6 Å². The van der Waals surface area contributed by atoms with Crippen LogP contribution in [0.1, 0.15) is 18.4 Å². The van der Waals surface area contributed by atoms with Gasteiger partial charge < -0.3 is 16.0 Å². The van der Waals surface area contributed by atoms with Gasteiger partial charge in [0.15, 0.2) is 0 Å². The van der Waals surface area contributed by atoms with Gasteiger partial charge in [-0.2, -0.15) is 0 Å². The zero-order chi connectivity index (χ0) is 15.4. The van der Waals surface area contributed by atoms with E-state index < -0.39 is 0 Å². The average Bonchev–Trinajstić information content (AvgIpc) is 2.42. The molecule has 5 nitrogen and oxygen atoms in total. The molecule has 0 saturated carbocycles. The molecule has 1 aliphatic heterocycles. The SMILES string of the molecule is Cc1cc(N)ccc1NC(=O)CN(C)C1CCN(C)CC1. The second kappa shape index (κ2) is 6.91. The number of likely N-dealkylation sites (tertiary alicyclic amines) is 1. The summed E-state index contributed by atoms with van der Waals surface area (Å²) >= 11 is 0. The first-order valence-electron chi connectivity index (χ1n) is 7.50. The van der Waals surface area contributed by atoms with Crippen molar-refractivity contribution in [1.29, 1.82) is 0 Å². The number of nitrogens with zero attached hydrogens (tertiary/aromatic N) is 2. The van der Waals surface area contributed by atoms with Crippen LogP contribution in [0.5, 0.6) is 0 Å². The molecule has 1 aliphatic rings. The molecule has 1 aromatic carbocycles. The first-order chi connectivity index (χ1) is 9.95. The van der Waals surface area contributed by atoms with Crippen molar-refractivity contribution in [1.82, 2.24) is 9.80 Å². The highest BCUT2D eigenvalue weighted by molar-refractivity contribution is 5.93. The summed E-state index contributed by atoms with van der Waals surface area (Å²) in [6, 6.07) is 6.04. The van der Waals surface area contributed by atoms with E-state index in [2.05, 4.69) is 22.2 Å². The number of likely N-dealkylation sites (N-methyl/N-ethyl adjacent to an activating group) is 1. The maximum Gasteiger partial charge on any atom is 0.238 e. The first kappa shape index (κ1) is 15.8. The highest BCUT2D eigenvalue weighted by Gasteiger charge is 2.22. The van der Waals surface area contributed by atoms with Crippen LogP contribution < -0.4 is 11.1 Å². The van der Waals surface area contributed by atoms with Gasteiger partial charge >= 0.3 is 0 Å². The number of aryl methyl sites for hydroxylation is 1. The fourth-order valence-corrected chi connectivity index (χ4v) is 2.81. The number of nitrogen functional groups attached to an aromatic ring is 1. The van der Waals surface area contributed by atoms with Crippen molar-refractivity contribution < 1.29 is 4.79 Å². The third kappa shape index (κ3) is 4.44. The van der Waals surface area contributed by atoms with Gasteiger partial charge in [0.05, 0.1) is 6.54 Å². The number of hydrogen-bond donors (Lipinski definition) is 2. The second-order valence-corrected chi connectivity index (χ2v) is 6.07. The Morgan fingerprint density at radius 3 is 2.71 bits per heavy atom. The minimum atomic E-state index is 0.0318. The summed E-state index contributed by atoms with van der Waals surface area (Å²) in [6.45, 7) is 4.59. The Balaban J connectivity index is 1.86. The van der Waals surface area contributed by atoms with Gasteiger partial charge in [0.1, 0.15) is 0 Å². The van der Waals surface area contributed by atoms with Crippen molar-refractivity contribution in [3.8, 4) is 0 Å². The van der Waals surface area contributed by atoms with E-state index in [-0.39, 0.29) is 5.91 Å². The first-order valence-corrected chi connectivity index (χ1v) is 7.50. The molecule has 5 heteroatoms. The summed E-state index contributed by atoms with van der Waals surface area (Å²) in [5.74, 6) is 0.0318. The smallest absolute Gasteiger partial charge is 0.238 e. The molecule has 1 saturated heterocycles. The Morgan fingerprint density at radius 1 is 1.43 bits per heavy atom. The van der Waals surface area contributed by atoms with Crippen LogP contribution in [0.25, 0.3) is 0 Å². The van der Waals surface area contributed by atoms with Gasteiger partial charge in [-0.3, -0.25) is 9.69 Å². The van der Waals surface area contributed by atoms with Gasteiger partial charge in [-0.25, -0.2) is 0 Å². The summed E-state index contributed by atoms with van der Waals surface area (Å²) in [5.41, 5.74) is 8.27. The Bertz CT molecular complexity index is 495. The highest BCUT2D eigenvalue weighted by atomic mass is 16.2. The van der Waals surface area contributed by atoms with Gasteiger partial charge in [-0.05, 0) is 70.7 Å². The molecular formula is C16H26N4O. The molecule has 1 amide bonds. The van der Waals surface area contributed by atoms with Crippen LogP contribution in [0.3, 0.4) is 0 Å². The molecule has 0 bridgehead atoms. The number of nitrogens with two attached hydrogens (primary N) is 1. The molecule has 1 heterocycles. The van der Waals surface area contributed by atoms with Crippen molar-refractivity contribution in [3.63, 3.8) is 0 Å². The molecule has 0 radical (unpaired) electrons. The normalized spacial score (nSPS) is 17.1. The van der Waals surface area contributed by atoms with Crippen LogP contribution in [0, 0.1) is 6.92 Å². The van der Waals surface area contributed by atoms with E-state index in [1.165, 1.54) is 0 Å². The number of piperidine rings is 1. The average molecular weight is 290 g/mol. The van der Waals surface area contributed by atoms with Crippen molar-refractivity contribution in [3.05, 3.63) is 23.8 Å². The van der Waals surface area contributed by atoms with E-state index in [1.807, 2.05) is 32.2 Å². The fourth-order valence-electron chi connectivity index (χ4n) is 2.81. The molecular weight excluding hydrogens is 264 g/mol. The van der Waals surface area contributed by atoms with Crippen molar-refractivity contribution in [2.24, 2.45) is 0 Å². The third-order valence-corrected chi connectivity index (χ3v) is 4.23. The lowest BCUT2D eigenvalue weighted by atomic mass is 10.0. The zero-order valence-electron chi connectivity index (χ0n) is 13.2. The van der Waals surface area contributed by atoms with E-state index in [4.69, 9.17) is 5.73 Å². The summed E-state index contributed by atoms with van der Waals surface area (Å²) in [6.07, 6.45) is 2.25. The van der Waals surface area contributed by atoms with Crippen LogP contribution >= 0.6 is 0 Å². The van der Waals surface area contributed by atoms with Gasteiger partial charge in [0.2, 0.25) is 5.91 Å². The third-order valence-electron chi connectivity index (χ3n) is 4.23. The number of rotatable bonds is 4. The molecule has 0 aromatic heterocycles. The minimum Gasteiger partial charge on any atom is -0.399 e. The Kier molecular flexibility index (Phi) is 5.20. The summed E-state index contributed by atoms with van der Waals surface area (Å²) in [5, 5.41) is 2.97. The maximum absolute atomic E-state index is 12.2. The van der Waals surface area contributed by atoms with Gasteiger partial charge in [0, 0.05) is 17.4 Å². The Morgan fingerprint density at radius 2 is 2.10 bits per heavy atom. The molecule has 21 heavy (non-hydrogen) atoms. The highest BCUT2D eigenvalue weighted by Crippen LogP contribution is 2.18. The van der Waals surface area contributed by atoms with E-state index in [0.29, 0.717) is 18.3 Å². The van der Waals surface area contributed by atoms with E-state index in [1.54, 1.807) is 0 Å². The quantitative estimate of drug-likeness (QED) is 0.826. The summed E-state index contributed by atoms with van der Waals surface area (Å²) in [7, 11) is 4.18. The monoisotopic (exact) mass is 290 g/mol. The largest absolute Gasteiger partial charge is 0.399 e. The van der Waals surface area contributed by atoms with Gasteiger partial charge in [-0.1, -0.05) is 0 Å². The lowest BCUT2D eigenvalue weighted by molar-refractivity contribution is -0.117. The van der Waals surface area contributed by atoms with E-state index in [9.17, 15) is 4.79 Å². The molecule has 1 aromatic rings. The Labute approximate surface area is 127 Å². The molecule has 0 aliphatic carbocycles. The predicted octanol–water partition coefficient (Wildman–Crippen LogP) is 1.54. The fraction of sp³-hybridized carbons (Fsp3) is 0.562. The number of nitrogens with one attached hydrogen (secondary N) is 1. The number of carbonyl (C=O) groups excluding carboxylic acids is 1. The van der Waals surface area contributed by atoms with Crippen LogP contribution in [0.15, 0.2) is 18.2 Å². The molecule has 3 N–H and O–H groups in total. The number of benzene rings is 1. The van der Waals surface area contributed by atoms with Gasteiger partial charge in [0.25, 0.3) is 0 Å². The lowest BCUT2D eigenvalue weighted by Crippen LogP contribution is -2.44. The van der Waals surface area contributed by atoms with Crippen molar-refractivity contribution in [2.75, 3.05) is 44.8 Å². The maximum atomic E-state index is 12.2. The minimum absolute atomic E-state index is 0.0318. The summed E-state index contributed by atoms with van der Waals surface area (Å²) < 4.78 is 0. The number of carbonyl (C=O) groups is 1. The van der Waals surface area contributed by atoms with Gasteiger partial charge in [-0.15, -0.1) is 0 Å². The number of anilines is 2. The second-order valence-electron chi connectivity index (χ2n) is 6.07. The number of hydrogen-bond acceptors (Lipinski definition) is 4. The molecule has 0 unspecified atom stereocenters. The van der Waals surface area contributed by atoms with Crippen LogP contribution in [0.4, 0.5) is 11.4 Å². The van der Waals surface area contributed by atoms with Crippen LogP contribution in [-0.4, -0.2) is 55.5 Å². The van der Waals surface area contributed by atoms with Crippen molar-refractivity contribution >= 4 is 17.3 Å².